The third-order valence-corrected chi connectivity index (χ3v) is 6.79. The molecule has 0 radical (unpaired) electrons. The Morgan fingerprint density at radius 3 is 1.94 bits per heavy atom. The Hall–Kier alpha value is -2.66. The average molecular weight is 415 g/mol. The first-order chi connectivity index (χ1) is 15.3. The molecule has 160 valence electrons. The van der Waals surface area contributed by atoms with Gasteiger partial charge in [0, 0.05) is 25.2 Å². The number of aliphatic hydroxyl groups excluding tert-OH is 1. The summed E-state index contributed by atoms with van der Waals surface area (Å²) in [7, 11) is 0. The third kappa shape index (κ3) is 3.87. The molecule has 2 fully saturated rings. The van der Waals surface area contributed by atoms with Gasteiger partial charge in [0.15, 0.2) is 0 Å². The Labute approximate surface area is 184 Å². The molecule has 5 rings (SSSR count). The van der Waals surface area contributed by atoms with Crippen molar-refractivity contribution in [3.63, 3.8) is 0 Å². The molecule has 4 heteroatoms. The molecule has 3 aromatic carbocycles. The van der Waals surface area contributed by atoms with Gasteiger partial charge in [0.1, 0.15) is 11.9 Å². The highest BCUT2D eigenvalue weighted by molar-refractivity contribution is 5.30. The summed E-state index contributed by atoms with van der Waals surface area (Å²) < 4.78 is 6.41. The van der Waals surface area contributed by atoms with Gasteiger partial charge in [-0.2, -0.15) is 0 Å². The highest BCUT2D eigenvalue weighted by atomic mass is 16.5. The first-order valence-corrected chi connectivity index (χ1v) is 11.2. The molecule has 2 aliphatic rings. The maximum absolute atomic E-state index is 9.79. The normalized spacial score (nSPS) is 27.2. The van der Waals surface area contributed by atoms with E-state index in [-0.39, 0.29) is 30.8 Å². The zero-order chi connectivity index (χ0) is 21.2. The molecule has 0 aromatic heterocycles. The lowest BCUT2D eigenvalue weighted by molar-refractivity contribution is -0.150. The molecule has 31 heavy (non-hydrogen) atoms. The Bertz CT molecular complexity index is 966. The van der Waals surface area contributed by atoms with Crippen molar-refractivity contribution in [2.75, 3.05) is 19.7 Å². The van der Waals surface area contributed by atoms with E-state index in [1.165, 1.54) is 11.1 Å². The lowest BCUT2D eigenvalue weighted by Gasteiger charge is -2.61. The second-order valence-electron chi connectivity index (χ2n) is 8.67. The third-order valence-electron chi connectivity index (χ3n) is 6.79. The van der Waals surface area contributed by atoms with E-state index in [0.29, 0.717) is 6.04 Å². The van der Waals surface area contributed by atoms with E-state index in [0.717, 1.165) is 18.8 Å². The molecule has 0 saturated carbocycles. The standard InChI is InChI=1S/C27H30N2O2/c1-20(19-30)28-17-24(26(28)21-11-5-2-6-12-21)29-18-25(31-23-15-9-4-10-16-23)27(29)22-13-7-3-8-14-22/h2-16,20,24-27,30H,17-19H2,1H3/t20-,24-,25-,26-,27-/m0/s1. The molecular weight excluding hydrogens is 384 g/mol. The minimum absolute atomic E-state index is 0.130. The summed E-state index contributed by atoms with van der Waals surface area (Å²) in [5.74, 6) is 0.928. The average Bonchev–Trinajstić information content (AvgIpc) is 2.79. The van der Waals surface area contributed by atoms with Gasteiger partial charge in [-0.25, -0.2) is 0 Å². The summed E-state index contributed by atoms with van der Waals surface area (Å²) in [6, 6.07) is 32.6. The smallest absolute Gasteiger partial charge is 0.131 e. The van der Waals surface area contributed by atoms with Gasteiger partial charge < -0.3 is 9.84 Å². The fourth-order valence-corrected chi connectivity index (χ4v) is 5.09. The molecule has 0 unspecified atom stereocenters. The Kier molecular flexibility index (Phi) is 5.77. The number of nitrogens with zero attached hydrogens (tertiary/aromatic N) is 2. The SMILES string of the molecule is C[C@@H](CO)N1C[C@H](N2C[C@H](Oc3ccccc3)[C@@H]2c2ccccc2)[C@@H]1c1ccccc1. The molecule has 2 heterocycles. The predicted molar refractivity (Wildman–Crippen MR) is 123 cm³/mol. The highest BCUT2D eigenvalue weighted by Gasteiger charge is 2.53. The topological polar surface area (TPSA) is 35.9 Å². The lowest BCUT2D eigenvalue weighted by atomic mass is 9.80. The largest absolute Gasteiger partial charge is 0.487 e. The maximum atomic E-state index is 9.79. The van der Waals surface area contributed by atoms with Crippen LogP contribution in [0.25, 0.3) is 0 Å². The van der Waals surface area contributed by atoms with Crippen molar-refractivity contribution in [3.05, 3.63) is 102 Å². The first-order valence-electron chi connectivity index (χ1n) is 11.2. The molecule has 3 aromatic rings. The van der Waals surface area contributed by atoms with Gasteiger partial charge >= 0.3 is 0 Å². The van der Waals surface area contributed by atoms with Crippen LogP contribution in [0.15, 0.2) is 91.0 Å². The Balaban J connectivity index is 1.41. The predicted octanol–water partition coefficient (Wildman–Crippen LogP) is 4.30. The van der Waals surface area contributed by atoms with Crippen molar-refractivity contribution in [1.29, 1.82) is 0 Å². The van der Waals surface area contributed by atoms with E-state index < -0.39 is 0 Å². The minimum atomic E-state index is 0.130. The monoisotopic (exact) mass is 414 g/mol. The van der Waals surface area contributed by atoms with Crippen LogP contribution in [0.5, 0.6) is 5.75 Å². The van der Waals surface area contributed by atoms with Gasteiger partial charge in [-0.3, -0.25) is 9.80 Å². The summed E-state index contributed by atoms with van der Waals surface area (Å²) in [6.07, 6.45) is 0.130. The number of likely N-dealkylation sites (tertiary alicyclic amines) is 2. The second kappa shape index (κ2) is 8.83. The van der Waals surface area contributed by atoms with Crippen LogP contribution in [-0.4, -0.2) is 52.8 Å². The molecule has 2 aliphatic heterocycles. The van der Waals surface area contributed by atoms with Crippen LogP contribution in [0, 0.1) is 0 Å². The van der Waals surface area contributed by atoms with E-state index in [1.54, 1.807) is 0 Å². The van der Waals surface area contributed by atoms with Crippen molar-refractivity contribution in [1.82, 2.24) is 9.80 Å². The minimum Gasteiger partial charge on any atom is -0.487 e. The van der Waals surface area contributed by atoms with Gasteiger partial charge in [-0.1, -0.05) is 78.9 Å². The van der Waals surface area contributed by atoms with Crippen LogP contribution in [-0.2, 0) is 0 Å². The van der Waals surface area contributed by atoms with Crippen LogP contribution >= 0.6 is 0 Å². The Morgan fingerprint density at radius 1 is 0.806 bits per heavy atom. The summed E-state index contributed by atoms with van der Waals surface area (Å²) in [5, 5.41) is 9.79. The zero-order valence-corrected chi connectivity index (χ0v) is 17.9. The van der Waals surface area contributed by atoms with Crippen molar-refractivity contribution in [2.45, 2.75) is 37.2 Å². The molecule has 0 bridgehead atoms. The van der Waals surface area contributed by atoms with Gasteiger partial charge in [0.25, 0.3) is 0 Å². The number of para-hydroxylation sites is 1. The van der Waals surface area contributed by atoms with Gasteiger partial charge in [0.2, 0.25) is 0 Å². The van der Waals surface area contributed by atoms with Gasteiger partial charge in [-0.15, -0.1) is 0 Å². The van der Waals surface area contributed by atoms with Crippen molar-refractivity contribution < 1.29 is 9.84 Å². The second-order valence-corrected chi connectivity index (χ2v) is 8.67. The lowest BCUT2D eigenvalue weighted by Crippen LogP contribution is -2.71. The molecule has 0 aliphatic carbocycles. The fraction of sp³-hybridized carbons (Fsp3) is 0.333. The summed E-state index contributed by atoms with van der Waals surface area (Å²) in [4.78, 5) is 5.02. The van der Waals surface area contributed by atoms with Crippen LogP contribution in [0.2, 0.25) is 0 Å². The van der Waals surface area contributed by atoms with Crippen LogP contribution in [0.3, 0.4) is 0 Å². The summed E-state index contributed by atoms with van der Waals surface area (Å²) in [5.41, 5.74) is 2.62. The number of hydrogen-bond acceptors (Lipinski definition) is 4. The van der Waals surface area contributed by atoms with Crippen LogP contribution in [0.4, 0.5) is 0 Å². The molecule has 1 N–H and O–H groups in total. The van der Waals surface area contributed by atoms with Crippen molar-refractivity contribution >= 4 is 0 Å². The molecule has 0 amide bonds. The molecule has 0 spiro atoms. The summed E-state index contributed by atoms with van der Waals surface area (Å²) >= 11 is 0. The first kappa shape index (κ1) is 20.3. The highest BCUT2D eigenvalue weighted by Crippen LogP contribution is 2.47. The number of benzene rings is 3. The van der Waals surface area contributed by atoms with Gasteiger partial charge in [-0.05, 0) is 30.2 Å². The zero-order valence-electron chi connectivity index (χ0n) is 17.9. The van der Waals surface area contributed by atoms with E-state index in [1.807, 2.05) is 30.3 Å². The summed E-state index contributed by atoms with van der Waals surface area (Å²) in [6.45, 7) is 4.16. The van der Waals surface area contributed by atoms with Crippen molar-refractivity contribution in [3.8, 4) is 5.75 Å². The quantitative estimate of drug-likeness (QED) is 0.625. The Morgan fingerprint density at radius 2 is 1.35 bits per heavy atom. The van der Waals surface area contributed by atoms with E-state index in [4.69, 9.17) is 4.74 Å². The number of ether oxygens (including phenoxy) is 1. The van der Waals surface area contributed by atoms with Crippen LogP contribution in [0.1, 0.15) is 30.1 Å². The van der Waals surface area contributed by atoms with Crippen LogP contribution < -0.4 is 4.74 Å². The van der Waals surface area contributed by atoms with E-state index in [2.05, 4.69) is 77.4 Å². The molecule has 4 nitrogen and oxygen atoms in total. The van der Waals surface area contributed by atoms with Gasteiger partial charge in [0.05, 0.1) is 18.7 Å². The number of hydrogen-bond donors (Lipinski definition) is 1. The fourth-order valence-electron chi connectivity index (χ4n) is 5.09. The number of rotatable bonds is 7. The molecular formula is C27H30N2O2. The van der Waals surface area contributed by atoms with E-state index in [9.17, 15) is 5.11 Å². The van der Waals surface area contributed by atoms with E-state index >= 15 is 0 Å². The maximum Gasteiger partial charge on any atom is 0.131 e. The van der Waals surface area contributed by atoms with Crippen molar-refractivity contribution in [2.24, 2.45) is 0 Å². The molecule has 2 saturated heterocycles. The number of aliphatic hydroxyl groups is 1. The molecule has 5 atom stereocenters.